The minimum Gasteiger partial charge on any atom is -0.474 e. The molecular weight excluding hydrogens is 1050 g/mol. The van der Waals surface area contributed by atoms with Gasteiger partial charge in [0, 0.05) is 37.3 Å². The molecule has 0 radical (unpaired) electrons. The molecule has 4 aromatic heterocycles. The Morgan fingerprint density at radius 2 is 1.22 bits per heavy atom. The standard InChI is InChI=1S/C27H28F3N7O4.C24H24F3N7O4/c1-26(2)40-15-19(41-26)14-39-22-12-31-11-21(33-22)34-25(38)37-18-7-4-8-36(13-18)20-10-32-23(35-24(20)37)16-5-3-6-17(9-16)27(28,29)30;25-24(26,27)15-4-1-3-14(7-15)21-29-8-18-22(32-21)34(16-5-2-6-33(18)11-16)23(37)31-19-9-28-10-20(30-19)38-13-17(36)12-35/h3,5-6,9-12,18-19H,4,7-8,13-15H2,1-2H3,(H,33,34,38);1,3-4,7-10,16-17,35-36H,2,5-6,11-13H2,(H,30,31,37)/t18-,19-;16-,17+/m00/s1. The van der Waals surface area contributed by atoms with Crippen molar-refractivity contribution in [1.29, 1.82) is 0 Å². The van der Waals surface area contributed by atoms with Crippen molar-refractivity contribution in [1.82, 2.24) is 39.9 Å². The first kappa shape index (κ1) is 54.3. The van der Waals surface area contributed by atoms with Gasteiger partial charge in [0.2, 0.25) is 11.8 Å². The molecular formula is C51H52F6N14O8. The summed E-state index contributed by atoms with van der Waals surface area (Å²) in [5, 5.41) is 23.9. The van der Waals surface area contributed by atoms with Gasteiger partial charge < -0.3 is 39.0 Å². The van der Waals surface area contributed by atoms with Crippen molar-refractivity contribution in [2.24, 2.45) is 0 Å². The van der Waals surface area contributed by atoms with Crippen molar-refractivity contribution in [3.63, 3.8) is 0 Å². The molecule has 28 heteroatoms. The fourth-order valence-electron chi connectivity index (χ4n) is 9.67. The number of alkyl halides is 6. The number of aliphatic hydroxyl groups is 2. The number of aliphatic hydroxyl groups excluding tert-OH is 2. The van der Waals surface area contributed by atoms with Crippen LogP contribution in [0.4, 0.5) is 70.6 Å². The highest BCUT2D eigenvalue weighted by Crippen LogP contribution is 2.42. The molecule has 416 valence electrons. The molecule has 3 saturated heterocycles. The fraction of sp³-hybridized carbons (Fsp3) is 0.412. The second-order valence-electron chi connectivity index (χ2n) is 19.4. The molecule has 0 spiro atoms. The third kappa shape index (κ3) is 12.5. The highest BCUT2D eigenvalue weighted by molar-refractivity contribution is 6.05. The average molecular weight is 1100 g/mol. The lowest BCUT2D eigenvalue weighted by Gasteiger charge is -2.45. The number of anilines is 6. The summed E-state index contributed by atoms with van der Waals surface area (Å²) < 4.78 is 102. The van der Waals surface area contributed by atoms with Gasteiger partial charge in [0.05, 0.1) is 85.0 Å². The number of nitrogens with one attached hydrogen (secondary N) is 2. The maximum absolute atomic E-state index is 13.7. The number of benzene rings is 2. The van der Waals surface area contributed by atoms with E-state index in [1.54, 1.807) is 6.20 Å². The van der Waals surface area contributed by atoms with Crippen molar-refractivity contribution >= 4 is 46.7 Å². The number of hydrogen-bond acceptors (Lipinski definition) is 18. The number of amides is 4. The van der Waals surface area contributed by atoms with Crippen LogP contribution in [0.1, 0.15) is 50.7 Å². The van der Waals surface area contributed by atoms with E-state index in [1.165, 1.54) is 65.0 Å². The van der Waals surface area contributed by atoms with Gasteiger partial charge in [0.25, 0.3) is 0 Å². The number of hydrogen-bond donors (Lipinski definition) is 4. The summed E-state index contributed by atoms with van der Waals surface area (Å²) in [4.78, 5) is 68.7. The highest BCUT2D eigenvalue weighted by Gasteiger charge is 2.42. The van der Waals surface area contributed by atoms with Crippen molar-refractivity contribution in [2.45, 2.75) is 82.0 Å². The number of urea groups is 2. The van der Waals surface area contributed by atoms with Crippen LogP contribution in [0, 0.1) is 0 Å². The highest BCUT2D eigenvalue weighted by atomic mass is 19.4. The second kappa shape index (κ2) is 22.3. The molecule has 0 unspecified atom stereocenters. The van der Waals surface area contributed by atoms with Crippen LogP contribution in [0.3, 0.4) is 0 Å². The predicted molar refractivity (Wildman–Crippen MR) is 271 cm³/mol. The summed E-state index contributed by atoms with van der Waals surface area (Å²) in [6.07, 6.45) is 1.27. The summed E-state index contributed by atoms with van der Waals surface area (Å²) in [6.45, 7) is 6.18. The van der Waals surface area contributed by atoms with Gasteiger partial charge in [-0.05, 0) is 63.8 Å². The SMILES string of the molecule is CC1(C)OC[C@H](COc2cncc(NC(=O)N3c4nc(-c5cccc(C(F)(F)F)c5)ncc4N4CCC[C@H]3C4)n2)O1.O=C(Nc1cncc(OC[C@H](O)CO)n1)N1c2nc(-c3cccc(C(F)(F)F)c3)ncc2N2CCC[C@H]1C2. The number of carbonyl (C=O) groups is 2. The minimum atomic E-state index is -4.52. The topological polar surface area (TPSA) is 252 Å². The number of carbonyl (C=O) groups excluding carboxylic acids is 2. The molecule has 0 aliphatic carbocycles. The molecule has 9 heterocycles. The number of ether oxygens (including phenoxy) is 4. The molecule has 3 fully saturated rings. The summed E-state index contributed by atoms with van der Waals surface area (Å²) in [5.41, 5.74) is -0.00897. The zero-order valence-electron chi connectivity index (χ0n) is 42.4. The molecule has 6 aromatic rings. The lowest BCUT2D eigenvalue weighted by atomic mass is 10.0. The Kier molecular flexibility index (Phi) is 15.4. The first-order valence-electron chi connectivity index (χ1n) is 25.1. The molecule has 11 rings (SSSR count). The van der Waals surface area contributed by atoms with Gasteiger partial charge in [-0.15, -0.1) is 0 Å². The molecule has 5 aliphatic heterocycles. The lowest BCUT2D eigenvalue weighted by Crippen LogP contribution is -2.56. The zero-order chi connectivity index (χ0) is 55.6. The third-order valence-electron chi connectivity index (χ3n) is 13.3. The Morgan fingerprint density at radius 1 is 0.722 bits per heavy atom. The Labute approximate surface area is 446 Å². The zero-order valence-corrected chi connectivity index (χ0v) is 42.4. The van der Waals surface area contributed by atoms with Gasteiger partial charge in [-0.25, -0.2) is 29.5 Å². The van der Waals surface area contributed by atoms with Crippen molar-refractivity contribution < 1.29 is 65.1 Å². The monoisotopic (exact) mass is 1100 g/mol. The number of fused-ring (bicyclic) bond motifs is 8. The van der Waals surface area contributed by atoms with Crippen LogP contribution in [0.5, 0.6) is 11.8 Å². The molecule has 0 saturated carbocycles. The molecule has 2 aromatic carbocycles. The van der Waals surface area contributed by atoms with Crippen LogP contribution in [0.2, 0.25) is 0 Å². The Balaban J connectivity index is 0.000000179. The maximum atomic E-state index is 13.7. The quantitative estimate of drug-likeness (QED) is 0.0935. The van der Waals surface area contributed by atoms with Crippen molar-refractivity contribution in [3.05, 3.63) is 96.8 Å². The van der Waals surface area contributed by atoms with Gasteiger partial charge in [-0.2, -0.15) is 36.3 Å². The summed E-state index contributed by atoms with van der Waals surface area (Å²) in [6, 6.07) is 8.07. The predicted octanol–water partition coefficient (Wildman–Crippen LogP) is 7.21. The van der Waals surface area contributed by atoms with Crippen molar-refractivity contribution in [3.8, 4) is 34.5 Å². The van der Waals surface area contributed by atoms with E-state index < -0.39 is 54.0 Å². The van der Waals surface area contributed by atoms with E-state index in [0.29, 0.717) is 43.3 Å². The number of halogens is 6. The molecule has 22 nitrogen and oxygen atoms in total. The minimum absolute atomic E-state index is 0.0346. The molecule has 79 heavy (non-hydrogen) atoms. The van der Waals surface area contributed by atoms with Crippen LogP contribution < -0.4 is 39.7 Å². The van der Waals surface area contributed by atoms with Crippen LogP contribution in [0.25, 0.3) is 22.8 Å². The molecule has 4 bridgehead atoms. The van der Waals surface area contributed by atoms with Crippen LogP contribution in [-0.4, -0.2) is 145 Å². The number of nitrogens with zero attached hydrogens (tertiary/aromatic N) is 12. The Bertz CT molecular complexity index is 3200. The van der Waals surface area contributed by atoms with Gasteiger partial charge in [-0.1, -0.05) is 24.3 Å². The van der Waals surface area contributed by atoms with Gasteiger partial charge in [-0.3, -0.25) is 30.4 Å². The van der Waals surface area contributed by atoms with E-state index in [4.69, 9.17) is 24.1 Å². The first-order valence-corrected chi connectivity index (χ1v) is 25.1. The molecule has 4 atom stereocenters. The summed E-state index contributed by atoms with van der Waals surface area (Å²) >= 11 is 0. The molecule has 4 N–H and O–H groups in total. The Hall–Kier alpha value is -8.08. The molecule has 4 amide bonds. The van der Waals surface area contributed by atoms with E-state index in [0.717, 1.165) is 56.6 Å². The third-order valence-corrected chi connectivity index (χ3v) is 13.3. The number of aromatic nitrogens is 8. The van der Waals surface area contributed by atoms with Gasteiger partial charge >= 0.3 is 24.4 Å². The molecule has 5 aliphatic rings. The summed E-state index contributed by atoms with van der Waals surface area (Å²) in [5.74, 6) is 0.563. The second-order valence-corrected chi connectivity index (χ2v) is 19.4. The van der Waals surface area contributed by atoms with E-state index in [-0.39, 0.29) is 83.4 Å². The maximum Gasteiger partial charge on any atom is 0.416 e. The van der Waals surface area contributed by atoms with Crippen LogP contribution in [0.15, 0.2) is 85.7 Å². The first-order chi connectivity index (χ1) is 37.8. The van der Waals surface area contributed by atoms with E-state index in [1.807, 2.05) is 13.8 Å². The van der Waals surface area contributed by atoms with E-state index in [2.05, 4.69) is 60.3 Å². The lowest BCUT2D eigenvalue weighted by molar-refractivity contribution is -0.141. The largest absolute Gasteiger partial charge is 0.474 e. The average Bonchev–Trinajstić information content (AvgIpc) is 4.00. The smallest absolute Gasteiger partial charge is 0.416 e. The summed E-state index contributed by atoms with van der Waals surface area (Å²) in [7, 11) is 0. The van der Waals surface area contributed by atoms with Gasteiger partial charge in [0.1, 0.15) is 25.4 Å². The normalized spacial score (nSPS) is 19.5. The number of piperidine rings is 2. The van der Waals surface area contributed by atoms with E-state index >= 15 is 0 Å². The van der Waals surface area contributed by atoms with Crippen LogP contribution in [-0.2, 0) is 21.8 Å². The number of rotatable bonds is 11. The van der Waals surface area contributed by atoms with Gasteiger partial charge in [0.15, 0.2) is 40.7 Å². The van der Waals surface area contributed by atoms with Crippen LogP contribution >= 0.6 is 0 Å². The van der Waals surface area contributed by atoms with Crippen molar-refractivity contribution in [2.75, 3.05) is 82.8 Å². The Morgan fingerprint density at radius 3 is 1.67 bits per heavy atom. The van der Waals surface area contributed by atoms with E-state index in [9.17, 15) is 41.0 Å². The fourth-order valence-corrected chi connectivity index (χ4v) is 9.67.